The molecule has 13 nitrogen and oxygen atoms in total. The van der Waals surface area contributed by atoms with E-state index in [0.29, 0.717) is 16.9 Å². The highest BCUT2D eigenvalue weighted by Gasteiger charge is 2.47. The van der Waals surface area contributed by atoms with Crippen molar-refractivity contribution in [1.29, 1.82) is 0 Å². The molecule has 4 N–H and O–H groups in total. The number of carbonyl (C=O) groups excluding carboxylic acids is 2. The maximum Gasteiger partial charge on any atom is 0.493 e. The molecule has 1 aromatic heterocycles. The molecule has 3 aromatic rings. The second-order valence-corrected chi connectivity index (χ2v) is 13.2. The molecule has 2 heterocycles. The summed E-state index contributed by atoms with van der Waals surface area (Å²) < 4.78 is 76.5. The number of rotatable bonds is 13. The lowest BCUT2D eigenvalue weighted by molar-refractivity contribution is -0.139. The van der Waals surface area contributed by atoms with Gasteiger partial charge in [0.15, 0.2) is 0 Å². The van der Waals surface area contributed by atoms with Gasteiger partial charge in [0.2, 0.25) is 15.9 Å². The number of hydrogen-bond donors (Lipinski definition) is 4. The third-order valence-corrected chi connectivity index (χ3v) is 9.46. The van der Waals surface area contributed by atoms with Crippen molar-refractivity contribution in [3.05, 3.63) is 83.6 Å². The van der Waals surface area contributed by atoms with E-state index in [-0.39, 0.29) is 35.0 Å². The number of pyridine rings is 1. The Morgan fingerprint density at radius 1 is 1.06 bits per heavy atom. The number of aromatic nitrogens is 1. The minimum Gasteiger partial charge on any atom is -0.480 e. The van der Waals surface area contributed by atoms with E-state index in [9.17, 15) is 41.1 Å². The Kier molecular flexibility index (Phi) is 11.8. The summed E-state index contributed by atoms with van der Waals surface area (Å²) in [6, 6.07) is 11.1. The van der Waals surface area contributed by atoms with Crippen molar-refractivity contribution in [2.75, 3.05) is 36.5 Å². The fraction of sp³-hybridized carbons (Fsp3) is 0.375. The van der Waals surface area contributed by atoms with Crippen LogP contribution in [0.15, 0.2) is 71.8 Å². The number of ether oxygens (including phenoxy) is 1. The first-order valence-corrected chi connectivity index (χ1v) is 16.6. The van der Waals surface area contributed by atoms with Crippen molar-refractivity contribution in [1.82, 2.24) is 19.9 Å². The summed E-state index contributed by atoms with van der Waals surface area (Å²) in [4.78, 5) is 42.9. The molecule has 264 valence electrons. The Morgan fingerprint density at radius 3 is 2.31 bits per heavy atom. The second-order valence-electron chi connectivity index (χ2n) is 11.5. The van der Waals surface area contributed by atoms with E-state index in [1.54, 1.807) is 51.1 Å². The van der Waals surface area contributed by atoms with Crippen molar-refractivity contribution >= 4 is 39.4 Å². The number of carbonyl (C=O) groups is 3. The number of carboxylic acid groups (broad SMARTS) is 1. The van der Waals surface area contributed by atoms with E-state index >= 15 is 0 Å². The van der Waals surface area contributed by atoms with Crippen LogP contribution in [0.5, 0.6) is 0 Å². The summed E-state index contributed by atoms with van der Waals surface area (Å²) in [5.41, 5.74) is 1.30. The third-order valence-electron chi connectivity index (χ3n) is 7.69. The number of sulfonamides is 1. The lowest BCUT2D eigenvalue weighted by atomic mass is 10.1. The molecule has 2 aromatic carbocycles. The smallest absolute Gasteiger partial charge is 0.480 e. The number of nitrogens with one attached hydrogen (secondary N) is 3. The maximum absolute atomic E-state index is 14.2. The van der Waals surface area contributed by atoms with Gasteiger partial charge in [-0.3, -0.25) is 9.59 Å². The number of aliphatic carboxylic acids is 1. The maximum atomic E-state index is 14.2. The average Bonchev–Trinajstić information content (AvgIpc) is 3.44. The summed E-state index contributed by atoms with van der Waals surface area (Å²) >= 11 is 0. The molecule has 3 amide bonds. The molecule has 0 bridgehead atoms. The number of hydrogen-bond acceptors (Lipinski definition) is 8. The van der Waals surface area contributed by atoms with E-state index in [1.807, 2.05) is 0 Å². The van der Waals surface area contributed by atoms with Crippen LogP contribution in [0.2, 0.25) is 0 Å². The Hall–Kier alpha value is -4.74. The zero-order chi connectivity index (χ0) is 35.9. The number of alkyl halides is 3. The van der Waals surface area contributed by atoms with Gasteiger partial charge in [0.05, 0.1) is 22.7 Å². The fourth-order valence-electron chi connectivity index (χ4n) is 5.66. The number of para-hydroxylation sites is 1. The number of amides is 3. The predicted octanol–water partition coefficient (Wildman–Crippen LogP) is 3.57. The van der Waals surface area contributed by atoms with E-state index in [0.717, 1.165) is 22.6 Å². The quantitative estimate of drug-likeness (QED) is 0.194. The Bertz CT molecular complexity index is 1720. The van der Waals surface area contributed by atoms with Gasteiger partial charge in [-0.05, 0) is 62.6 Å². The first kappa shape index (κ1) is 37.1. The molecule has 1 aliphatic rings. The van der Waals surface area contributed by atoms with Crippen LogP contribution >= 0.6 is 0 Å². The summed E-state index contributed by atoms with van der Waals surface area (Å²) in [6.45, 7) is 3.45. The van der Waals surface area contributed by atoms with E-state index in [2.05, 4.69) is 20.3 Å². The van der Waals surface area contributed by atoms with Crippen molar-refractivity contribution < 1.29 is 45.8 Å². The van der Waals surface area contributed by atoms with Gasteiger partial charge in [-0.2, -0.15) is 4.72 Å². The van der Waals surface area contributed by atoms with Crippen LogP contribution in [0.25, 0.3) is 0 Å². The molecule has 49 heavy (non-hydrogen) atoms. The number of likely N-dealkylation sites (tertiary alicyclic amines) is 1. The number of anilines is 2. The van der Waals surface area contributed by atoms with Gasteiger partial charge in [-0.15, -0.1) is 13.2 Å². The van der Waals surface area contributed by atoms with Gasteiger partial charge < -0.3 is 25.4 Å². The van der Waals surface area contributed by atoms with Crippen molar-refractivity contribution in [2.45, 2.75) is 56.6 Å². The lowest BCUT2D eigenvalue weighted by Gasteiger charge is -2.32. The molecule has 3 unspecified atom stereocenters. The highest BCUT2D eigenvalue weighted by molar-refractivity contribution is 7.89. The predicted molar refractivity (Wildman–Crippen MR) is 173 cm³/mol. The molecule has 1 aliphatic heterocycles. The van der Waals surface area contributed by atoms with Gasteiger partial charge in [0.1, 0.15) is 18.5 Å². The third kappa shape index (κ3) is 9.67. The molecule has 0 radical (unpaired) electrons. The van der Waals surface area contributed by atoms with Crippen LogP contribution in [-0.4, -0.2) is 92.0 Å². The largest absolute Gasteiger partial charge is 0.493 e. The molecular weight excluding hydrogens is 669 g/mol. The summed E-state index contributed by atoms with van der Waals surface area (Å²) in [5, 5.41) is 15.0. The molecule has 4 rings (SSSR count). The minimum absolute atomic E-state index is 0.0235. The van der Waals surface area contributed by atoms with Gasteiger partial charge in [0, 0.05) is 25.8 Å². The molecular formula is C32H37F3N6O7S. The van der Waals surface area contributed by atoms with Crippen LogP contribution in [0.1, 0.15) is 23.1 Å². The van der Waals surface area contributed by atoms with Crippen LogP contribution < -0.4 is 20.3 Å². The van der Waals surface area contributed by atoms with E-state index in [1.165, 1.54) is 24.4 Å². The molecule has 1 fully saturated rings. The summed E-state index contributed by atoms with van der Waals surface area (Å²) in [5.74, 6) is -1.90. The van der Waals surface area contributed by atoms with Crippen molar-refractivity contribution in [2.24, 2.45) is 0 Å². The highest BCUT2D eigenvalue weighted by atomic mass is 32.2. The first-order valence-electron chi connectivity index (χ1n) is 15.2. The molecule has 17 heteroatoms. The zero-order valence-electron chi connectivity index (χ0n) is 26.9. The Labute approximate surface area is 281 Å². The van der Waals surface area contributed by atoms with Crippen LogP contribution in [-0.2, 0) is 24.3 Å². The lowest BCUT2D eigenvalue weighted by Crippen LogP contribution is -2.53. The van der Waals surface area contributed by atoms with Gasteiger partial charge >= 0.3 is 18.3 Å². The van der Waals surface area contributed by atoms with Crippen molar-refractivity contribution in [3.8, 4) is 0 Å². The highest BCUT2D eigenvalue weighted by Crippen LogP contribution is 2.32. The molecule has 0 spiro atoms. The summed E-state index contributed by atoms with van der Waals surface area (Å²) in [7, 11) is -4.28. The normalized spacial score (nSPS) is 17.0. The first-order chi connectivity index (χ1) is 23.1. The van der Waals surface area contributed by atoms with E-state index < -0.39 is 65.6 Å². The van der Waals surface area contributed by atoms with Gasteiger partial charge in [0.25, 0.3) is 0 Å². The van der Waals surface area contributed by atoms with Crippen LogP contribution in [0.4, 0.5) is 29.5 Å². The molecule has 1 saturated heterocycles. The number of nitrogens with zero attached hydrogens (tertiary/aromatic N) is 3. The Morgan fingerprint density at radius 2 is 1.71 bits per heavy atom. The monoisotopic (exact) mass is 706 g/mol. The molecule has 0 aliphatic carbocycles. The molecule has 0 saturated carbocycles. The second kappa shape index (κ2) is 15.7. The number of halogens is 3. The number of carboxylic acids is 1. The van der Waals surface area contributed by atoms with Gasteiger partial charge in [-0.25, -0.2) is 23.1 Å². The van der Waals surface area contributed by atoms with Crippen molar-refractivity contribution in [3.63, 3.8) is 0 Å². The van der Waals surface area contributed by atoms with E-state index in [4.69, 9.17) is 4.74 Å². The number of aryl methyl sites for hydroxylation is 3. The SMILES string of the molecule is Cc1cc(C)c(S(=O)(=O)NC(CNC(=O)COC2CC(CNc3ccccn3)N(C(=O)N(c3ccccc3)C(F)(F)F)C2)C(=O)O)c(C)c1. The topological polar surface area (TPSA) is 170 Å². The zero-order valence-corrected chi connectivity index (χ0v) is 27.7. The number of benzene rings is 2. The summed E-state index contributed by atoms with van der Waals surface area (Å²) in [6.07, 6.45) is -4.32. The molecule has 3 atom stereocenters. The van der Waals surface area contributed by atoms with Crippen LogP contribution in [0.3, 0.4) is 0 Å². The fourth-order valence-corrected chi connectivity index (χ4v) is 7.30. The number of urea groups is 1. The standard InChI is InChI=1S/C32H37F3N6O7S/c1-20-13-21(2)29(22(3)14-20)49(46,47)39-26(30(43)44)17-38-28(42)19-48-25-15-24(16-37-27-11-7-8-12-36-27)40(18-25)31(45)41(32(33,34)35)23-9-5-4-6-10-23/h4-14,24-26,39H,15-19H2,1-3H3,(H,36,37)(H,38,42)(H,43,44). The van der Waals surface area contributed by atoms with Crippen LogP contribution in [0, 0.1) is 20.8 Å². The minimum atomic E-state index is -5.05. The van der Waals surface area contributed by atoms with Gasteiger partial charge in [-0.1, -0.05) is 42.0 Å². The Balaban J connectivity index is 1.41. The average molecular weight is 707 g/mol.